The van der Waals surface area contributed by atoms with E-state index in [9.17, 15) is 0 Å². The molecule has 2 unspecified atom stereocenters. The molecular weight excluding hydrogens is 358 g/mol. The lowest BCUT2D eigenvalue weighted by molar-refractivity contribution is 0.134. The maximum Gasteiger partial charge on any atom is 0.191 e. The Balaban J connectivity index is 1.39. The fourth-order valence-electron chi connectivity index (χ4n) is 4.56. The first-order valence-corrected chi connectivity index (χ1v) is 11.8. The molecule has 0 saturated carbocycles. The highest BCUT2D eigenvalue weighted by molar-refractivity contribution is 5.80. The summed E-state index contributed by atoms with van der Waals surface area (Å²) >= 11 is 0. The van der Waals surface area contributed by atoms with Crippen LogP contribution in [0.25, 0.3) is 0 Å². The summed E-state index contributed by atoms with van der Waals surface area (Å²) in [6, 6.07) is 11.9. The third kappa shape index (κ3) is 7.63. The average molecular weight is 400 g/mol. The second kappa shape index (κ2) is 12.2. The number of unbranched alkanes of at least 4 members (excludes halogenated alkanes) is 1. The van der Waals surface area contributed by atoms with E-state index in [1.807, 2.05) is 0 Å². The van der Waals surface area contributed by atoms with Gasteiger partial charge in [0.25, 0.3) is 0 Å². The predicted molar refractivity (Wildman–Crippen MR) is 123 cm³/mol. The second-order valence-corrected chi connectivity index (χ2v) is 8.69. The summed E-state index contributed by atoms with van der Waals surface area (Å²) in [7, 11) is 0. The number of hydrogen-bond donors (Lipinski definition) is 2. The Labute approximate surface area is 178 Å². The van der Waals surface area contributed by atoms with Crippen molar-refractivity contribution in [2.24, 2.45) is 4.99 Å². The molecule has 0 radical (unpaired) electrons. The Morgan fingerprint density at radius 3 is 2.62 bits per heavy atom. The second-order valence-electron chi connectivity index (χ2n) is 8.69. The Hall–Kier alpha value is -1.59. The van der Waals surface area contributed by atoms with Gasteiger partial charge in [0.1, 0.15) is 0 Å². The highest BCUT2D eigenvalue weighted by Crippen LogP contribution is 2.20. The van der Waals surface area contributed by atoms with Gasteiger partial charge in [0.05, 0.1) is 0 Å². The first-order valence-electron chi connectivity index (χ1n) is 11.8. The third-order valence-corrected chi connectivity index (χ3v) is 6.28. The van der Waals surface area contributed by atoms with Gasteiger partial charge in [-0.25, -0.2) is 0 Å². The van der Waals surface area contributed by atoms with Gasteiger partial charge in [0, 0.05) is 38.3 Å². The molecule has 2 aliphatic heterocycles. The number of nitrogens with zero attached hydrogens (tertiary/aromatic N) is 3. The van der Waals surface area contributed by atoms with Gasteiger partial charge >= 0.3 is 0 Å². The quantitative estimate of drug-likeness (QED) is 0.379. The molecule has 2 fully saturated rings. The molecule has 0 aromatic heterocycles. The molecule has 3 rings (SSSR count). The van der Waals surface area contributed by atoms with Crippen LogP contribution >= 0.6 is 0 Å². The number of nitrogens with one attached hydrogen (secondary N) is 2. The Bertz CT molecular complexity index is 597. The number of rotatable bonds is 9. The molecule has 2 heterocycles. The molecule has 5 nitrogen and oxygen atoms in total. The van der Waals surface area contributed by atoms with Gasteiger partial charge in [-0.05, 0) is 77.6 Å². The van der Waals surface area contributed by atoms with E-state index >= 15 is 0 Å². The van der Waals surface area contributed by atoms with E-state index in [1.165, 1.54) is 63.7 Å². The van der Waals surface area contributed by atoms with E-state index in [0.29, 0.717) is 12.1 Å². The summed E-state index contributed by atoms with van der Waals surface area (Å²) in [6.45, 7) is 12.4. The molecule has 29 heavy (non-hydrogen) atoms. The monoisotopic (exact) mass is 399 g/mol. The molecule has 0 amide bonds. The summed E-state index contributed by atoms with van der Waals surface area (Å²) in [5, 5.41) is 7.15. The Morgan fingerprint density at radius 1 is 1.10 bits per heavy atom. The summed E-state index contributed by atoms with van der Waals surface area (Å²) < 4.78 is 0. The normalized spacial score (nSPS) is 24.0. The van der Waals surface area contributed by atoms with E-state index in [1.54, 1.807) is 0 Å². The van der Waals surface area contributed by atoms with Crippen molar-refractivity contribution in [2.45, 2.75) is 71.0 Å². The summed E-state index contributed by atoms with van der Waals surface area (Å²) in [5.41, 5.74) is 1.41. The van der Waals surface area contributed by atoms with Crippen LogP contribution in [0.4, 0.5) is 0 Å². The molecule has 2 atom stereocenters. The fraction of sp³-hybridized carbons (Fsp3) is 0.708. The van der Waals surface area contributed by atoms with Crippen LogP contribution in [0.1, 0.15) is 57.9 Å². The van der Waals surface area contributed by atoms with Gasteiger partial charge < -0.3 is 15.5 Å². The van der Waals surface area contributed by atoms with Crippen molar-refractivity contribution in [3.05, 3.63) is 35.9 Å². The molecule has 2 aliphatic rings. The van der Waals surface area contributed by atoms with Gasteiger partial charge in [0.2, 0.25) is 0 Å². The van der Waals surface area contributed by atoms with Gasteiger partial charge in [-0.15, -0.1) is 0 Å². The zero-order chi connectivity index (χ0) is 20.3. The SMILES string of the molecule is CCNC(=NCCCCN1CCCC1)NC1CCN(Cc2ccccc2)C(C)C1. The molecule has 1 aromatic carbocycles. The molecule has 0 aliphatic carbocycles. The van der Waals surface area contributed by atoms with Crippen molar-refractivity contribution < 1.29 is 0 Å². The molecular formula is C24H41N5. The Morgan fingerprint density at radius 2 is 1.90 bits per heavy atom. The molecule has 0 spiro atoms. The predicted octanol–water partition coefficient (Wildman–Crippen LogP) is 3.47. The number of aliphatic imine (C=N–C) groups is 1. The maximum atomic E-state index is 4.85. The minimum absolute atomic E-state index is 0.513. The highest BCUT2D eigenvalue weighted by Gasteiger charge is 2.25. The maximum absolute atomic E-state index is 4.85. The van der Waals surface area contributed by atoms with E-state index in [4.69, 9.17) is 4.99 Å². The van der Waals surface area contributed by atoms with E-state index < -0.39 is 0 Å². The first kappa shape index (κ1) is 22.1. The van der Waals surface area contributed by atoms with Crippen LogP contribution in [0.2, 0.25) is 0 Å². The number of benzene rings is 1. The first-order chi connectivity index (χ1) is 14.2. The zero-order valence-electron chi connectivity index (χ0n) is 18.6. The lowest BCUT2D eigenvalue weighted by Gasteiger charge is -2.38. The molecule has 162 valence electrons. The molecule has 1 aromatic rings. The van der Waals surface area contributed by atoms with E-state index in [2.05, 4.69) is 64.6 Å². The average Bonchev–Trinajstić information content (AvgIpc) is 3.24. The zero-order valence-corrected chi connectivity index (χ0v) is 18.6. The summed E-state index contributed by atoms with van der Waals surface area (Å²) in [6.07, 6.45) is 7.56. The number of piperidine rings is 1. The van der Waals surface area contributed by atoms with Crippen LogP contribution in [-0.2, 0) is 6.54 Å². The van der Waals surface area contributed by atoms with Crippen LogP contribution in [0.3, 0.4) is 0 Å². The largest absolute Gasteiger partial charge is 0.357 e. The molecule has 0 bridgehead atoms. The summed E-state index contributed by atoms with van der Waals surface area (Å²) in [4.78, 5) is 10.0. The third-order valence-electron chi connectivity index (χ3n) is 6.28. The summed E-state index contributed by atoms with van der Waals surface area (Å²) in [5.74, 6) is 1.00. The van der Waals surface area contributed by atoms with Crippen molar-refractivity contribution in [3.63, 3.8) is 0 Å². The van der Waals surface area contributed by atoms with Crippen molar-refractivity contribution in [1.82, 2.24) is 20.4 Å². The van der Waals surface area contributed by atoms with Gasteiger partial charge in [0.15, 0.2) is 5.96 Å². The minimum atomic E-state index is 0.513. The van der Waals surface area contributed by atoms with Crippen molar-refractivity contribution >= 4 is 5.96 Å². The van der Waals surface area contributed by atoms with Crippen molar-refractivity contribution in [2.75, 3.05) is 39.3 Å². The Kier molecular flexibility index (Phi) is 9.29. The highest BCUT2D eigenvalue weighted by atomic mass is 15.2. The molecule has 2 saturated heterocycles. The molecule has 2 N–H and O–H groups in total. The van der Waals surface area contributed by atoms with Gasteiger partial charge in [-0.3, -0.25) is 9.89 Å². The van der Waals surface area contributed by atoms with Crippen molar-refractivity contribution in [1.29, 1.82) is 0 Å². The standard InChI is InChI=1S/C24H41N5/c1-3-25-24(26-14-7-8-15-28-16-9-10-17-28)27-23-13-18-29(21(2)19-23)20-22-11-5-4-6-12-22/h4-6,11-12,21,23H,3,7-10,13-20H2,1-2H3,(H2,25,26,27). The van der Waals surface area contributed by atoms with Crippen LogP contribution in [-0.4, -0.2) is 67.1 Å². The van der Waals surface area contributed by atoms with Gasteiger partial charge in [-0.1, -0.05) is 30.3 Å². The fourth-order valence-corrected chi connectivity index (χ4v) is 4.56. The minimum Gasteiger partial charge on any atom is -0.357 e. The van der Waals surface area contributed by atoms with Crippen LogP contribution in [0, 0.1) is 0 Å². The number of guanidine groups is 1. The lowest BCUT2D eigenvalue weighted by atomic mass is 9.97. The van der Waals surface area contributed by atoms with E-state index in [-0.39, 0.29) is 0 Å². The smallest absolute Gasteiger partial charge is 0.191 e. The number of likely N-dealkylation sites (tertiary alicyclic amines) is 2. The lowest BCUT2D eigenvalue weighted by Crippen LogP contribution is -2.51. The van der Waals surface area contributed by atoms with Gasteiger partial charge in [-0.2, -0.15) is 0 Å². The van der Waals surface area contributed by atoms with Crippen LogP contribution in [0.5, 0.6) is 0 Å². The number of hydrogen-bond acceptors (Lipinski definition) is 3. The van der Waals surface area contributed by atoms with E-state index in [0.717, 1.165) is 32.1 Å². The topological polar surface area (TPSA) is 42.9 Å². The molecule has 5 heteroatoms. The van der Waals surface area contributed by atoms with Crippen molar-refractivity contribution in [3.8, 4) is 0 Å². The van der Waals surface area contributed by atoms with Crippen LogP contribution in [0.15, 0.2) is 35.3 Å². The van der Waals surface area contributed by atoms with Crippen LogP contribution < -0.4 is 10.6 Å².